The number of piperidine rings is 1. The van der Waals surface area contributed by atoms with Gasteiger partial charge in [0.1, 0.15) is 0 Å². The van der Waals surface area contributed by atoms with Crippen LogP contribution in [0.5, 0.6) is 0 Å². The number of hydrogen-bond acceptors (Lipinski definition) is 3. The maximum Gasteiger partial charge on any atom is 0.0431 e. The fourth-order valence-corrected chi connectivity index (χ4v) is 3.31. The lowest BCUT2D eigenvalue weighted by molar-refractivity contribution is 0.167. The number of aliphatic hydroxyl groups excluding tert-OH is 1. The molecule has 2 N–H and O–H groups in total. The molecule has 100 valence electrons. The molecule has 0 aromatic rings. The highest BCUT2D eigenvalue weighted by molar-refractivity contribution is 4.89. The van der Waals surface area contributed by atoms with Gasteiger partial charge in [0.2, 0.25) is 0 Å². The van der Waals surface area contributed by atoms with Gasteiger partial charge in [0, 0.05) is 18.7 Å². The van der Waals surface area contributed by atoms with Crippen LogP contribution in [0.25, 0.3) is 0 Å². The number of unbranched alkanes of at least 4 members (excludes halogenated alkanes) is 3. The number of fused-ring (bicyclic) bond motifs is 1. The number of nitrogens with one attached hydrogen (secondary N) is 1. The Morgan fingerprint density at radius 1 is 1.06 bits per heavy atom. The topological polar surface area (TPSA) is 35.5 Å². The standard InChI is InChI=1S/C14H28N2O/c17-11-4-2-1-3-8-15-13-7-10-16-9-5-6-14(16)12-13/h13-15,17H,1-12H2. The molecular weight excluding hydrogens is 212 g/mol. The molecule has 3 nitrogen and oxygen atoms in total. The lowest BCUT2D eigenvalue weighted by atomic mass is 9.97. The first-order valence-corrected chi connectivity index (χ1v) is 7.48. The molecule has 2 aliphatic rings. The molecule has 2 fully saturated rings. The Hall–Kier alpha value is -0.120. The Bertz CT molecular complexity index is 210. The molecule has 2 heterocycles. The highest BCUT2D eigenvalue weighted by Crippen LogP contribution is 2.26. The zero-order chi connectivity index (χ0) is 11.9. The molecule has 0 amide bonds. The van der Waals surface area contributed by atoms with E-state index < -0.39 is 0 Å². The Balaban J connectivity index is 1.51. The van der Waals surface area contributed by atoms with Crippen LogP contribution >= 0.6 is 0 Å². The van der Waals surface area contributed by atoms with Gasteiger partial charge in [-0.05, 0) is 58.2 Å². The van der Waals surface area contributed by atoms with Gasteiger partial charge in [0.05, 0.1) is 0 Å². The van der Waals surface area contributed by atoms with Crippen LogP contribution in [0.15, 0.2) is 0 Å². The normalized spacial score (nSPS) is 29.5. The smallest absolute Gasteiger partial charge is 0.0431 e. The first-order valence-electron chi connectivity index (χ1n) is 7.48. The second-order valence-electron chi connectivity index (χ2n) is 5.65. The van der Waals surface area contributed by atoms with Gasteiger partial charge >= 0.3 is 0 Å². The molecule has 0 aliphatic carbocycles. The average Bonchev–Trinajstić information content (AvgIpc) is 2.81. The van der Waals surface area contributed by atoms with E-state index in [4.69, 9.17) is 5.11 Å². The van der Waals surface area contributed by atoms with E-state index in [-0.39, 0.29) is 0 Å². The van der Waals surface area contributed by atoms with E-state index in [1.54, 1.807) is 0 Å². The highest BCUT2D eigenvalue weighted by Gasteiger charge is 2.31. The maximum atomic E-state index is 8.69. The summed E-state index contributed by atoms with van der Waals surface area (Å²) in [4.78, 5) is 2.68. The summed E-state index contributed by atoms with van der Waals surface area (Å²) in [6.45, 7) is 4.18. The van der Waals surface area contributed by atoms with Crippen molar-refractivity contribution in [3.8, 4) is 0 Å². The minimum atomic E-state index is 0.355. The van der Waals surface area contributed by atoms with E-state index in [0.717, 1.165) is 18.5 Å². The Labute approximate surface area is 106 Å². The molecule has 2 unspecified atom stereocenters. The van der Waals surface area contributed by atoms with Crippen LogP contribution in [0.4, 0.5) is 0 Å². The lowest BCUT2D eigenvalue weighted by Gasteiger charge is -2.35. The van der Waals surface area contributed by atoms with Crippen molar-refractivity contribution in [2.45, 2.75) is 63.5 Å². The molecule has 0 aromatic heterocycles. The number of aliphatic hydroxyl groups is 1. The zero-order valence-electron chi connectivity index (χ0n) is 11.0. The monoisotopic (exact) mass is 240 g/mol. The Kier molecular flexibility index (Phi) is 5.75. The molecule has 0 bridgehead atoms. The molecule has 3 heteroatoms. The largest absolute Gasteiger partial charge is 0.396 e. The first kappa shape index (κ1) is 13.3. The SMILES string of the molecule is OCCCCCCNC1CCN2CCCC2C1. The second kappa shape index (κ2) is 7.34. The van der Waals surface area contributed by atoms with Gasteiger partial charge in [-0.25, -0.2) is 0 Å². The molecule has 0 aromatic carbocycles. The lowest BCUT2D eigenvalue weighted by Crippen LogP contribution is -2.45. The van der Waals surface area contributed by atoms with Crippen molar-refractivity contribution >= 4 is 0 Å². The Morgan fingerprint density at radius 3 is 2.82 bits per heavy atom. The van der Waals surface area contributed by atoms with Crippen LogP contribution in [0, 0.1) is 0 Å². The van der Waals surface area contributed by atoms with Crippen molar-refractivity contribution in [1.82, 2.24) is 10.2 Å². The first-order chi connectivity index (χ1) is 8.40. The quantitative estimate of drug-likeness (QED) is 0.666. The van der Waals surface area contributed by atoms with E-state index in [1.807, 2.05) is 0 Å². The van der Waals surface area contributed by atoms with Gasteiger partial charge in [-0.15, -0.1) is 0 Å². The third kappa shape index (κ3) is 4.23. The summed E-state index contributed by atoms with van der Waals surface area (Å²) in [6, 6.07) is 1.66. The third-order valence-corrected chi connectivity index (χ3v) is 4.34. The summed E-state index contributed by atoms with van der Waals surface area (Å²) in [5.74, 6) is 0. The van der Waals surface area contributed by atoms with Crippen molar-refractivity contribution < 1.29 is 5.11 Å². The van der Waals surface area contributed by atoms with Crippen LogP contribution in [-0.4, -0.2) is 48.3 Å². The summed E-state index contributed by atoms with van der Waals surface area (Å²) >= 11 is 0. The minimum absolute atomic E-state index is 0.355. The van der Waals surface area contributed by atoms with Gasteiger partial charge in [-0.1, -0.05) is 12.8 Å². The molecule has 0 spiro atoms. The summed E-state index contributed by atoms with van der Waals surface area (Å²) in [5.41, 5.74) is 0. The van der Waals surface area contributed by atoms with Crippen molar-refractivity contribution in [1.29, 1.82) is 0 Å². The summed E-state index contributed by atoms with van der Waals surface area (Å²) < 4.78 is 0. The van der Waals surface area contributed by atoms with E-state index >= 15 is 0 Å². The number of rotatable bonds is 7. The van der Waals surface area contributed by atoms with E-state index in [2.05, 4.69) is 10.2 Å². The minimum Gasteiger partial charge on any atom is -0.396 e. The van der Waals surface area contributed by atoms with Crippen LogP contribution in [0.3, 0.4) is 0 Å². The highest BCUT2D eigenvalue weighted by atomic mass is 16.2. The van der Waals surface area contributed by atoms with E-state index in [0.29, 0.717) is 6.61 Å². The number of hydrogen-bond donors (Lipinski definition) is 2. The van der Waals surface area contributed by atoms with Gasteiger partial charge in [-0.3, -0.25) is 0 Å². The third-order valence-electron chi connectivity index (χ3n) is 4.34. The van der Waals surface area contributed by atoms with Crippen LogP contribution in [0.2, 0.25) is 0 Å². The summed E-state index contributed by atoms with van der Waals surface area (Å²) in [6.07, 6.45) is 10.2. The predicted molar refractivity (Wildman–Crippen MR) is 71.2 cm³/mol. The molecule has 2 atom stereocenters. The van der Waals surface area contributed by atoms with Gasteiger partial charge < -0.3 is 15.3 Å². The van der Waals surface area contributed by atoms with Crippen molar-refractivity contribution in [3.63, 3.8) is 0 Å². The van der Waals surface area contributed by atoms with Crippen LogP contribution in [-0.2, 0) is 0 Å². The second-order valence-corrected chi connectivity index (χ2v) is 5.65. The van der Waals surface area contributed by atoms with Gasteiger partial charge in [-0.2, -0.15) is 0 Å². The fraction of sp³-hybridized carbons (Fsp3) is 1.00. The van der Waals surface area contributed by atoms with Crippen LogP contribution in [0.1, 0.15) is 51.4 Å². The maximum absolute atomic E-state index is 8.69. The predicted octanol–water partition coefficient (Wildman–Crippen LogP) is 1.76. The van der Waals surface area contributed by atoms with Crippen molar-refractivity contribution in [3.05, 3.63) is 0 Å². The zero-order valence-corrected chi connectivity index (χ0v) is 11.0. The van der Waals surface area contributed by atoms with Crippen molar-refractivity contribution in [2.24, 2.45) is 0 Å². The molecule has 0 radical (unpaired) electrons. The number of nitrogens with zero attached hydrogens (tertiary/aromatic N) is 1. The molecule has 2 saturated heterocycles. The summed E-state index contributed by atoms with van der Waals surface area (Å²) in [7, 11) is 0. The molecule has 0 saturated carbocycles. The average molecular weight is 240 g/mol. The van der Waals surface area contributed by atoms with Crippen molar-refractivity contribution in [2.75, 3.05) is 26.2 Å². The Morgan fingerprint density at radius 2 is 1.94 bits per heavy atom. The van der Waals surface area contributed by atoms with E-state index in [9.17, 15) is 0 Å². The van der Waals surface area contributed by atoms with Gasteiger partial charge in [0.15, 0.2) is 0 Å². The van der Waals surface area contributed by atoms with Gasteiger partial charge in [0.25, 0.3) is 0 Å². The molecular formula is C14H28N2O. The molecule has 17 heavy (non-hydrogen) atoms. The molecule has 2 rings (SSSR count). The fourth-order valence-electron chi connectivity index (χ4n) is 3.31. The summed E-state index contributed by atoms with van der Waals surface area (Å²) in [5, 5.41) is 12.4. The van der Waals surface area contributed by atoms with E-state index in [1.165, 1.54) is 64.6 Å². The molecule has 2 aliphatic heterocycles. The van der Waals surface area contributed by atoms with Crippen LogP contribution < -0.4 is 5.32 Å².